The van der Waals surface area contributed by atoms with E-state index in [9.17, 15) is 18.0 Å². The topological polar surface area (TPSA) is 50.2 Å². The third-order valence-electron chi connectivity index (χ3n) is 2.70. The highest BCUT2D eigenvalue weighted by atomic mass is 19.4. The zero-order valence-electron chi connectivity index (χ0n) is 10.4. The van der Waals surface area contributed by atoms with E-state index in [1.807, 2.05) is 0 Å². The minimum atomic E-state index is -4.53. The highest BCUT2D eigenvalue weighted by Gasteiger charge is 2.33. The number of nitrogens with zero attached hydrogens (tertiary/aromatic N) is 1. The minimum absolute atomic E-state index is 0.0944. The van der Waals surface area contributed by atoms with E-state index < -0.39 is 17.7 Å². The molecular formula is C14H10F3NO2. The Kier molecular flexibility index (Phi) is 3.48. The molecule has 0 bridgehead atoms. The average Bonchev–Trinajstić information content (AvgIpc) is 2.33. The van der Waals surface area contributed by atoms with Gasteiger partial charge >= 0.3 is 12.1 Å². The summed E-state index contributed by atoms with van der Waals surface area (Å²) in [5.74, 6) is -1.22. The maximum absolute atomic E-state index is 13.0. The summed E-state index contributed by atoms with van der Waals surface area (Å²) < 4.78 is 39.1. The summed E-state index contributed by atoms with van der Waals surface area (Å²) in [4.78, 5) is 14.6. The fourth-order valence-electron chi connectivity index (χ4n) is 1.98. The molecule has 0 spiro atoms. The van der Waals surface area contributed by atoms with Crippen molar-refractivity contribution in [2.24, 2.45) is 0 Å². The van der Waals surface area contributed by atoms with Crippen molar-refractivity contribution in [2.45, 2.75) is 13.1 Å². The number of aromatic nitrogens is 1. The van der Waals surface area contributed by atoms with Crippen LogP contribution in [0, 0.1) is 6.92 Å². The molecule has 0 amide bonds. The van der Waals surface area contributed by atoms with Crippen molar-refractivity contribution in [2.75, 3.05) is 0 Å². The number of carboxylic acid groups (broad SMARTS) is 1. The van der Waals surface area contributed by atoms with E-state index in [4.69, 9.17) is 5.11 Å². The first-order chi connectivity index (χ1) is 9.29. The van der Waals surface area contributed by atoms with E-state index >= 15 is 0 Å². The number of benzene rings is 1. The first-order valence-electron chi connectivity index (χ1n) is 5.67. The van der Waals surface area contributed by atoms with Gasteiger partial charge in [-0.2, -0.15) is 13.2 Å². The number of aliphatic carboxylic acids is 1. The monoisotopic (exact) mass is 281 g/mol. The summed E-state index contributed by atoms with van der Waals surface area (Å²) in [5.41, 5.74) is 0.0575. The fourth-order valence-corrected chi connectivity index (χ4v) is 1.98. The van der Waals surface area contributed by atoms with Gasteiger partial charge in [-0.05, 0) is 36.8 Å². The Morgan fingerprint density at radius 2 is 2.05 bits per heavy atom. The fraction of sp³-hybridized carbons (Fsp3) is 0.143. The van der Waals surface area contributed by atoms with Crippen molar-refractivity contribution in [1.82, 2.24) is 4.98 Å². The molecule has 6 heteroatoms. The van der Waals surface area contributed by atoms with E-state index in [0.717, 1.165) is 18.2 Å². The van der Waals surface area contributed by atoms with Gasteiger partial charge in [-0.3, -0.25) is 4.98 Å². The lowest BCUT2D eigenvalue weighted by Crippen LogP contribution is -2.07. The van der Waals surface area contributed by atoms with Gasteiger partial charge in [0.1, 0.15) is 0 Å². The van der Waals surface area contributed by atoms with E-state index in [0.29, 0.717) is 5.69 Å². The van der Waals surface area contributed by atoms with Crippen LogP contribution in [0.5, 0.6) is 0 Å². The number of carbonyl (C=O) groups is 1. The Morgan fingerprint density at radius 3 is 2.65 bits per heavy atom. The molecule has 0 radical (unpaired) electrons. The predicted molar refractivity (Wildman–Crippen MR) is 68.2 cm³/mol. The van der Waals surface area contributed by atoms with Crippen LogP contribution in [0.1, 0.15) is 16.8 Å². The Bertz CT molecular complexity index is 705. The van der Waals surface area contributed by atoms with Crippen LogP contribution < -0.4 is 0 Å². The maximum atomic E-state index is 13.0. The number of hydrogen-bond donors (Lipinski definition) is 1. The third-order valence-corrected chi connectivity index (χ3v) is 2.70. The van der Waals surface area contributed by atoms with Crippen LogP contribution in [-0.4, -0.2) is 16.1 Å². The van der Waals surface area contributed by atoms with Crippen LogP contribution in [-0.2, 0) is 11.0 Å². The zero-order valence-corrected chi connectivity index (χ0v) is 10.4. The normalized spacial score (nSPS) is 12.2. The van der Waals surface area contributed by atoms with Crippen molar-refractivity contribution < 1.29 is 23.1 Å². The highest BCUT2D eigenvalue weighted by Crippen LogP contribution is 2.36. The molecule has 1 heterocycles. The van der Waals surface area contributed by atoms with E-state index in [2.05, 4.69) is 4.98 Å². The van der Waals surface area contributed by atoms with Gasteiger partial charge in [0.25, 0.3) is 0 Å². The lowest BCUT2D eigenvalue weighted by molar-refractivity contribution is -0.136. The zero-order chi connectivity index (χ0) is 14.9. The van der Waals surface area contributed by atoms with Crippen LogP contribution in [0.15, 0.2) is 30.3 Å². The maximum Gasteiger partial charge on any atom is 0.417 e. The van der Waals surface area contributed by atoms with Gasteiger partial charge < -0.3 is 5.11 Å². The first kappa shape index (κ1) is 14.0. The van der Waals surface area contributed by atoms with Gasteiger partial charge in [0.15, 0.2) is 0 Å². The van der Waals surface area contributed by atoms with Crippen molar-refractivity contribution in [3.8, 4) is 0 Å². The molecule has 1 aromatic heterocycles. The Morgan fingerprint density at radius 1 is 1.35 bits per heavy atom. The second-order valence-corrected chi connectivity index (χ2v) is 4.22. The molecule has 1 N–H and O–H groups in total. The van der Waals surface area contributed by atoms with Gasteiger partial charge in [-0.25, -0.2) is 4.79 Å². The average molecular weight is 281 g/mol. The molecular weight excluding hydrogens is 271 g/mol. The van der Waals surface area contributed by atoms with Gasteiger partial charge in [0.2, 0.25) is 0 Å². The molecule has 0 aliphatic heterocycles. The summed E-state index contributed by atoms with van der Waals surface area (Å²) in [6.45, 7) is 1.64. The molecule has 104 valence electrons. The second kappa shape index (κ2) is 4.96. The lowest BCUT2D eigenvalue weighted by Gasteiger charge is -2.12. The van der Waals surface area contributed by atoms with Crippen LogP contribution in [0.2, 0.25) is 0 Å². The largest absolute Gasteiger partial charge is 0.478 e. The standard InChI is InChI=1S/C14H10F3NO2/c1-8-7-9(5-6-12(19)20)13-10(14(15,16)17)3-2-4-11(13)18-8/h2-7H,1H3,(H,19,20)/b6-5+. The predicted octanol–water partition coefficient (Wildman–Crippen LogP) is 3.66. The van der Waals surface area contributed by atoms with Crippen LogP contribution in [0.25, 0.3) is 17.0 Å². The van der Waals surface area contributed by atoms with Crippen LogP contribution >= 0.6 is 0 Å². The molecule has 2 aromatic rings. The molecule has 0 unspecified atom stereocenters. The Labute approximate surface area is 112 Å². The van der Waals surface area contributed by atoms with Crippen LogP contribution in [0.4, 0.5) is 13.2 Å². The van der Waals surface area contributed by atoms with Gasteiger partial charge in [-0.15, -0.1) is 0 Å². The molecule has 1 aromatic carbocycles. The number of carboxylic acids is 1. The molecule has 0 saturated heterocycles. The molecule has 0 saturated carbocycles. The second-order valence-electron chi connectivity index (χ2n) is 4.22. The number of hydrogen-bond acceptors (Lipinski definition) is 2. The Hall–Kier alpha value is -2.37. The van der Waals surface area contributed by atoms with E-state index in [1.165, 1.54) is 18.2 Å². The number of alkyl halides is 3. The number of aryl methyl sites for hydroxylation is 1. The summed E-state index contributed by atoms with van der Waals surface area (Å²) in [5, 5.41) is 8.53. The SMILES string of the molecule is Cc1cc(/C=C/C(=O)O)c2c(C(F)(F)F)cccc2n1. The minimum Gasteiger partial charge on any atom is -0.478 e. The molecule has 3 nitrogen and oxygen atoms in total. The first-order valence-corrected chi connectivity index (χ1v) is 5.67. The van der Waals surface area contributed by atoms with Crippen molar-refractivity contribution in [1.29, 1.82) is 0 Å². The number of pyridine rings is 1. The van der Waals surface area contributed by atoms with Gasteiger partial charge in [-0.1, -0.05) is 6.07 Å². The molecule has 0 aliphatic rings. The summed E-state index contributed by atoms with van der Waals surface area (Å²) >= 11 is 0. The molecule has 2 rings (SSSR count). The molecule has 0 fully saturated rings. The lowest BCUT2D eigenvalue weighted by atomic mass is 10.0. The van der Waals surface area contributed by atoms with Crippen LogP contribution in [0.3, 0.4) is 0 Å². The third kappa shape index (κ3) is 2.79. The smallest absolute Gasteiger partial charge is 0.417 e. The molecule has 0 aliphatic carbocycles. The Balaban J connectivity index is 2.81. The summed E-state index contributed by atoms with van der Waals surface area (Å²) in [7, 11) is 0. The summed E-state index contributed by atoms with van der Waals surface area (Å²) in [6.07, 6.45) is -2.57. The molecule has 20 heavy (non-hydrogen) atoms. The number of halogens is 3. The molecule has 0 atom stereocenters. The highest BCUT2D eigenvalue weighted by molar-refractivity contribution is 5.94. The number of fused-ring (bicyclic) bond motifs is 1. The summed E-state index contributed by atoms with van der Waals surface area (Å²) in [6, 6.07) is 5.13. The van der Waals surface area contributed by atoms with Crippen molar-refractivity contribution in [3.63, 3.8) is 0 Å². The van der Waals surface area contributed by atoms with Gasteiger partial charge in [0.05, 0.1) is 11.1 Å². The van der Waals surface area contributed by atoms with Crippen molar-refractivity contribution in [3.05, 3.63) is 47.2 Å². The quantitative estimate of drug-likeness (QED) is 0.855. The van der Waals surface area contributed by atoms with Gasteiger partial charge in [0, 0.05) is 17.2 Å². The van der Waals surface area contributed by atoms with E-state index in [-0.39, 0.29) is 16.5 Å². The van der Waals surface area contributed by atoms with Crippen molar-refractivity contribution >= 4 is 22.9 Å². The van der Waals surface area contributed by atoms with E-state index in [1.54, 1.807) is 6.92 Å². The number of rotatable bonds is 2.